The van der Waals surface area contributed by atoms with Gasteiger partial charge in [0.1, 0.15) is 0 Å². The minimum absolute atomic E-state index is 0.0368. The van der Waals surface area contributed by atoms with E-state index in [0.717, 1.165) is 16.8 Å². The number of amides is 2. The zero-order valence-electron chi connectivity index (χ0n) is 14.8. The molecule has 0 saturated carbocycles. The molecule has 0 aliphatic heterocycles. The van der Waals surface area contributed by atoms with Crippen LogP contribution in [0, 0.1) is 13.8 Å². The quantitative estimate of drug-likeness (QED) is 0.705. The number of hydrogen-bond acceptors (Lipinski definition) is 3. The molecule has 6 heteroatoms. The molecule has 6 nitrogen and oxygen atoms in total. The second-order valence-electron chi connectivity index (χ2n) is 6.07. The van der Waals surface area contributed by atoms with Gasteiger partial charge in [0, 0.05) is 29.8 Å². The Morgan fingerprint density at radius 1 is 0.923 bits per heavy atom. The van der Waals surface area contributed by atoms with E-state index in [0.29, 0.717) is 11.3 Å². The summed E-state index contributed by atoms with van der Waals surface area (Å²) >= 11 is 0. The summed E-state index contributed by atoms with van der Waals surface area (Å²) in [5.41, 5.74) is 3.93. The third-order valence-corrected chi connectivity index (χ3v) is 4.08. The van der Waals surface area contributed by atoms with Crippen molar-refractivity contribution in [3.8, 4) is 0 Å². The third kappa shape index (κ3) is 5.44. The smallest absolute Gasteiger partial charge is 0.303 e. The average molecular weight is 354 g/mol. The maximum atomic E-state index is 12.4. The molecule has 3 N–H and O–H groups in total. The number of aryl methyl sites for hydroxylation is 1. The Bertz CT molecular complexity index is 813. The van der Waals surface area contributed by atoms with E-state index in [9.17, 15) is 14.4 Å². The topological polar surface area (TPSA) is 95.5 Å². The molecule has 0 atom stereocenters. The molecule has 2 amide bonds. The number of carbonyl (C=O) groups excluding carboxylic acids is 2. The molecular formula is C20H22N2O4. The molecule has 0 unspecified atom stereocenters. The second kappa shape index (κ2) is 8.80. The highest BCUT2D eigenvalue weighted by Gasteiger charge is 2.09. The molecule has 0 aliphatic rings. The molecular weight excluding hydrogens is 332 g/mol. The van der Waals surface area contributed by atoms with Crippen molar-refractivity contribution in [2.24, 2.45) is 0 Å². The fourth-order valence-electron chi connectivity index (χ4n) is 2.41. The summed E-state index contributed by atoms with van der Waals surface area (Å²) in [5.74, 6) is -1.39. The summed E-state index contributed by atoms with van der Waals surface area (Å²) in [5, 5.41) is 14.1. The Balaban J connectivity index is 1.94. The minimum Gasteiger partial charge on any atom is -0.481 e. The fraction of sp³-hybridized carbons (Fsp3) is 0.250. The predicted molar refractivity (Wildman–Crippen MR) is 100 cm³/mol. The second-order valence-corrected chi connectivity index (χ2v) is 6.07. The highest BCUT2D eigenvalue weighted by molar-refractivity contribution is 6.05. The molecule has 0 fully saturated rings. The van der Waals surface area contributed by atoms with Gasteiger partial charge in [-0.3, -0.25) is 14.4 Å². The molecule has 0 bridgehead atoms. The van der Waals surface area contributed by atoms with Crippen molar-refractivity contribution in [1.82, 2.24) is 0 Å². The van der Waals surface area contributed by atoms with Gasteiger partial charge in [0.25, 0.3) is 5.91 Å². The van der Waals surface area contributed by atoms with Gasteiger partial charge in [-0.1, -0.05) is 12.1 Å². The number of benzene rings is 2. The van der Waals surface area contributed by atoms with Gasteiger partial charge in [-0.15, -0.1) is 0 Å². The van der Waals surface area contributed by atoms with Gasteiger partial charge in [-0.2, -0.15) is 0 Å². The summed E-state index contributed by atoms with van der Waals surface area (Å²) in [6, 6.07) is 12.3. The number of aliphatic carboxylic acids is 1. The van der Waals surface area contributed by atoms with Crippen molar-refractivity contribution in [1.29, 1.82) is 0 Å². The summed E-state index contributed by atoms with van der Waals surface area (Å²) in [6.45, 7) is 3.94. The van der Waals surface area contributed by atoms with Crippen molar-refractivity contribution >= 4 is 29.2 Å². The number of rotatable bonds is 7. The summed E-state index contributed by atoms with van der Waals surface area (Å²) in [6.07, 6.45) is 0.392. The number of carboxylic acids is 1. The summed E-state index contributed by atoms with van der Waals surface area (Å²) in [4.78, 5) is 34.5. The molecule has 136 valence electrons. The monoisotopic (exact) mass is 354 g/mol. The van der Waals surface area contributed by atoms with E-state index < -0.39 is 5.97 Å². The maximum Gasteiger partial charge on any atom is 0.303 e. The van der Waals surface area contributed by atoms with Gasteiger partial charge in [0.05, 0.1) is 0 Å². The lowest BCUT2D eigenvalue weighted by atomic mass is 10.1. The Kier molecular flexibility index (Phi) is 6.49. The van der Waals surface area contributed by atoms with Crippen LogP contribution >= 0.6 is 0 Å². The van der Waals surface area contributed by atoms with Crippen molar-refractivity contribution in [2.45, 2.75) is 33.1 Å². The van der Waals surface area contributed by atoms with E-state index >= 15 is 0 Å². The van der Waals surface area contributed by atoms with E-state index in [2.05, 4.69) is 10.6 Å². The predicted octanol–water partition coefficient (Wildman–Crippen LogP) is 3.75. The van der Waals surface area contributed by atoms with Crippen molar-refractivity contribution in [3.05, 3.63) is 59.2 Å². The Morgan fingerprint density at radius 2 is 1.62 bits per heavy atom. The number of anilines is 2. The van der Waals surface area contributed by atoms with E-state index in [1.54, 1.807) is 24.3 Å². The van der Waals surface area contributed by atoms with E-state index in [1.807, 2.05) is 32.0 Å². The highest BCUT2D eigenvalue weighted by atomic mass is 16.4. The van der Waals surface area contributed by atoms with Crippen LogP contribution in [0.4, 0.5) is 11.4 Å². The van der Waals surface area contributed by atoms with Gasteiger partial charge in [0.15, 0.2) is 0 Å². The van der Waals surface area contributed by atoms with Crippen LogP contribution < -0.4 is 10.6 Å². The zero-order chi connectivity index (χ0) is 19.1. The number of hydrogen-bond donors (Lipinski definition) is 3. The van der Waals surface area contributed by atoms with Crippen molar-refractivity contribution in [3.63, 3.8) is 0 Å². The molecule has 0 aromatic heterocycles. The highest BCUT2D eigenvalue weighted by Crippen LogP contribution is 2.19. The molecule has 0 spiro atoms. The van der Waals surface area contributed by atoms with Crippen molar-refractivity contribution < 1.29 is 19.5 Å². The van der Waals surface area contributed by atoms with Crippen LogP contribution in [0.2, 0.25) is 0 Å². The summed E-state index contributed by atoms with van der Waals surface area (Å²) in [7, 11) is 0. The maximum absolute atomic E-state index is 12.4. The molecule has 26 heavy (non-hydrogen) atoms. The van der Waals surface area contributed by atoms with Gasteiger partial charge in [0.2, 0.25) is 5.91 Å². The molecule has 0 aliphatic carbocycles. The average Bonchev–Trinajstić information content (AvgIpc) is 2.59. The SMILES string of the molecule is Cc1cccc(NC(=O)c2ccc(NC(=O)CCCC(=O)O)cc2)c1C. The van der Waals surface area contributed by atoms with E-state index in [4.69, 9.17) is 5.11 Å². The van der Waals surface area contributed by atoms with Crippen LogP contribution in [0.25, 0.3) is 0 Å². The Morgan fingerprint density at radius 3 is 2.27 bits per heavy atom. The number of carbonyl (C=O) groups is 3. The van der Waals surface area contributed by atoms with Crippen LogP contribution in [-0.2, 0) is 9.59 Å². The van der Waals surface area contributed by atoms with Gasteiger partial charge in [-0.05, 0) is 61.7 Å². The first-order valence-corrected chi connectivity index (χ1v) is 8.36. The van der Waals surface area contributed by atoms with Crippen LogP contribution in [-0.4, -0.2) is 22.9 Å². The fourth-order valence-corrected chi connectivity index (χ4v) is 2.41. The van der Waals surface area contributed by atoms with Gasteiger partial charge in [-0.25, -0.2) is 0 Å². The summed E-state index contributed by atoms with van der Waals surface area (Å²) < 4.78 is 0. The first-order chi connectivity index (χ1) is 12.4. The van der Waals surface area contributed by atoms with E-state index in [-0.39, 0.29) is 31.1 Å². The molecule has 2 aromatic carbocycles. The molecule has 0 radical (unpaired) electrons. The lowest BCUT2D eigenvalue weighted by Gasteiger charge is -2.11. The first-order valence-electron chi connectivity index (χ1n) is 8.36. The molecule has 2 rings (SSSR count). The lowest BCUT2D eigenvalue weighted by Crippen LogP contribution is -2.14. The zero-order valence-corrected chi connectivity index (χ0v) is 14.8. The Labute approximate surface area is 152 Å². The van der Waals surface area contributed by atoms with Crippen molar-refractivity contribution in [2.75, 3.05) is 10.6 Å². The van der Waals surface area contributed by atoms with Crippen LogP contribution in [0.15, 0.2) is 42.5 Å². The molecule has 0 heterocycles. The van der Waals surface area contributed by atoms with Gasteiger partial charge < -0.3 is 15.7 Å². The first kappa shape index (κ1) is 19.2. The van der Waals surface area contributed by atoms with Gasteiger partial charge >= 0.3 is 5.97 Å². The van der Waals surface area contributed by atoms with Crippen LogP contribution in [0.5, 0.6) is 0 Å². The number of nitrogens with one attached hydrogen (secondary N) is 2. The minimum atomic E-state index is -0.919. The van der Waals surface area contributed by atoms with E-state index in [1.165, 1.54) is 0 Å². The standard InChI is InChI=1S/C20H22N2O4/c1-13-5-3-6-17(14(13)2)22-20(26)15-9-11-16(12-10-15)21-18(23)7-4-8-19(24)25/h3,5-6,9-12H,4,7-8H2,1-2H3,(H,21,23)(H,22,26)(H,24,25). The third-order valence-electron chi connectivity index (χ3n) is 4.08. The molecule has 2 aromatic rings. The Hall–Kier alpha value is -3.15. The van der Waals surface area contributed by atoms with Crippen LogP contribution in [0.1, 0.15) is 40.7 Å². The van der Waals surface area contributed by atoms with Crippen LogP contribution in [0.3, 0.4) is 0 Å². The normalized spacial score (nSPS) is 10.2. The lowest BCUT2D eigenvalue weighted by molar-refractivity contribution is -0.137. The largest absolute Gasteiger partial charge is 0.481 e. The number of carboxylic acid groups (broad SMARTS) is 1. The molecule has 0 saturated heterocycles.